The first-order valence-electron chi connectivity index (χ1n) is 10.7. The zero-order valence-corrected chi connectivity index (χ0v) is 18.0. The van der Waals surface area contributed by atoms with Gasteiger partial charge in [-0.15, -0.1) is 0 Å². The van der Waals surface area contributed by atoms with Crippen molar-refractivity contribution in [1.29, 1.82) is 0 Å². The fraction of sp³-hybridized carbons (Fsp3) is 0.348. The van der Waals surface area contributed by atoms with Crippen molar-refractivity contribution in [3.8, 4) is 22.9 Å². The first-order chi connectivity index (χ1) is 15.6. The monoisotopic (exact) mass is 436 g/mol. The largest absolute Gasteiger partial charge is 0.491 e. The molecule has 0 amide bonds. The molecule has 4 aromatic rings. The number of carbonyl (C=O) groups is 1. The maximum absolute atomic E-state index is 12.0. The van der Waals surface area contributed by atoms with E-state index in [1.807, 2.05) is 37.3 Å². The van der Waals surface area contributed by atoms with Crippen LogP contribution in [0.1, 0.15) is 26.2 Å². The Morgan fingerprint density at radius 3 is 2.91 bits per heavy atom. The number of aryl methyl sites for hydroxylation is 1. The van der Waals surface area contributed by atoms with Crippen molar-refractivity contribution in [3.05, 3.63) is 30.3 Å². The fourth-order valence-corrected chi connectivity index (χ4v) is 4.05. The highest BCUT2D eigenvalue weighted by molar-refractivity contribution is 5.89. The molecule has 0 saturated carbocycles. The van der Waals surface area contributed by atoms with Gasteiger partial charge in [0.25, 0.3) is 6.01 Å². The minimum Gasteiger partial charge on any atom is -0.491 e. The van der Waals surface area contributed by atoms with Gasteiger partial charge in [0.05, 0.1) is 19.2 Å². The number of carbonyl (C=O) groups excluding carboxylic acids is 1. The van der Waals surface area contributed by atoms with Gasteiger partial charge >= 0.3 is 5.97 Å². The molecule has 2 N–H and O–H groups in total. The van der Waals surface area contributed by atoms with Crippen LogP contribution >= 0.6 is 0 Å². The number of nitrogens with two attached hydrogens (primary N) is 1. The van der Waals surface area contributed by atoms with Crippen molar-refractivity contribution in [3.63, 3.8) is 0 Å². The van der Waals surface area contributed by atoms with Gasteiger partial charge in [-0.2, -0.15) is 4.98 Å². The van der Waals surface area contributed by atoms with Crippen molar-refractivity contribution in [2.45, 2.75) is 38.8 Å². The van der Waals surface area contributed by atoms with E-state index in [0.29, 0.717) is 35.6 Å². The number of nitrogen functional groups attached to an aromatic ring is 1. The third kappa shape index (κ3) is 3.49. The molecular weight excluding hydrogens is 412 g/mol. The number of rotatable bonds is 5. The number of ether oxygens (including phenoxy) is 3. The highest BCUT2D eigenvalue weighted by Gasteiger charge is 2.23. The Morgan fingerprint density at radius 2 is 2.09 bits per heavy atom. The molecule has 3 heterocycles. The minimum atomic E-state index is -0.695. The summed E-state index contributed by atoms with van der Waals surface area (Å²) in [6.07, 6.45) is 1.68. The van der Waals surface area contributed by atoms with Crippen LogP contribution in [0.15, 0.2) is 34.7 Å². The number of anilines is 1. The van der Waals surface area contributed by atoms with Crippen molar-refractivity contribution < 1.29 is 23.4 Å². The summed E-state index contributed by atoms with van der Waals surface area (Å²) in [5.41, 5.74) is 9.54. The summed E-state index contributed by atoms with van der Waals surface area (Å²) in [6.45, 7) is 3.29. The molecule has 2 aromatic heterocycles. The number of aromatic nitrogens is 3. The summed E-state index contributed by atoms with van der Waals surface area (Å²) >= 11 is 0. The molecule has 0 aliphatic carbocycles. The molecular formula is C23H24N4O5. The summed E-state index contributed by atoms with van der Waals surface area (Å²) < 4.78 is 24.4. The predicted octanol–water partition coefficient (Wildman–Crippen LogP) is 3.93. The molecule has 0 spiro atoms. The van der Waals surface area contributed by atoms with Gasteiger partial charge in [-0.1, -0.05) is 6.92 Å². The van der Waals surface area contributed by atoms with Crippen molar-refractivity contribution >= 4 is 34.1 Å². The quantitative estimate of drug-likeness (QED) is 0.468. The van der Waals surface area contributed by atoms with E-state index in [2.05, 4.69) is 9.55 Å². The average molecular weight is 436 g/mol. The molecule has 0 fully saturated rings. The highest BCUT2D eigenvalue weighted by Crippen LogP contribution is 2.37. The maximum atomic E-state index is 12.0. The van der Waals surface area contributed by atoms with Crippen LogP contribution in [0, 0.1) is 0 Å². The minimum absolute atomic E-state index is 0.133. The second kappa shape index (κ2) is 8.07. The molecule has 0 unspecified atom stereocenters. The van der Waals surface area contributed by atoms with Crippen LogP contribution in [0.2, 0.25) is 0 Å². The van der Waals surface area contributed by atoms with Crippen LogP contribution in [0.4, 0.5) is 6.01 Å². The number of nitrogens with zero attached hydrogens (tertiary/aromatic N) is 3. The first-order valence-corrected chi connectivity index (χ1v) is 10.7. The van der Waals surface area contributed by atoms with E-state index in [1.54, 1.807) is 0 Å². The Bertz CT molecular complexity index is 1310. The second-order valence-electron chi connectivity index (χ2n) is 7.70. The fourth-order valence-electron chi connectivity index (χ4n) is 4.05. The van der Waals surface area contributed by atoms with Gasteiger partial charge in [-0.05, 0) is 37.5 Å². The van der Waals surface area contributed by atoms with E-state index in [-0.39, 0.29) is 6.01 Å². The molecule has 32 heavy (non-hydrogen) atoms. The van der Waals surface area contributed by atoms with Crippen LogP contribution < -0.4 is 15.2 Å². The molecule has 9 nitrogen and oxygen atoms in total. The van der Waals surface area contributed by atoms with Crippen molar-refractivity contribution in [1.82, 2.24) is 14.5 Å². The van der Waals surface area contributed by atoms with Gasteiger partial charge in [0.2, 0.25) is 0 Å². The molecule has 0 saturated heterocycles. The zero-order valence-electron chi connectivity index (χ0n) is 18.0. The summed E-state index contributed by atoms with van der Waals surface area (Å²) in [6, 6.07) is 9.50. The van der Waals surface area contributed by atoms with Crippen molar-refractivity contribution in [2.24, 2.45) is 0 Å². The van der Waals surface area contributed by atoms with E-state index in [1.165, 1.54) is 7.11 Å². The average Bonchev–Trinajstić information content (AvgIpc) is 3.33. The van der Waals surface area contributed by atoms with Gasteiger partial charge in [0.15, 0.2) is 11.7 Å². The third-order valence-electron chi connectivity index (χ3n) is 5.59. The number of methoxy groups -OCH3 is 1. The van der Waals surface area contributed by atoms with Gasteiger partial charge < -0.3 is 28.9 Å². The van der Waals surface area contributed by atoms with Gasteiger partial charge in [0, 0.05) is 24.2 Å². The topological polar surface area (TPSA) is 115 Å². The smallest absolute Gasteiger partial charge is 0.347 e. The number of fused-ring (bicyclic) bond motifs is 1. The number of oxazole rings is 1. The lowest BCUT2D eigenvalue weighted by molar-refractivity contribution is -0.148. The summed E-state index contributed by atoms with van der Waals surface area (Å²) in [4.78, 5) is 21.2. The normalized spacial score (nSPS) is 14.6. The second-order valence-corrected chi connectivity index (χ2v) is 7.70. The molecule has 0 radical (unpaired) electrons. The lowest BCUT2D eigenvalue weighted by Gasteiger charge is -2.19. The lowest BCUT2D eigenvalue weighted by Crippen LogP contribution is -2.27. The van der Waals surface area contributed by atoms with E-state index in [0.717, 1.165) is 41.8 Å². The van der Waals surface area contributed by atoms with E-state index in [4.69, 9.17) is 29.3 Å². The molecule has 5 rings (SSSR count). The molecule has 9 heteroatoms. The number of hydrogen-bond acceptors (Lipinski definition) is 8. The van der Waals surface area contributed by atoms with Gasteiger partial charge in [-0.3, -0.25) is 0 Å². The first kappa shape index (κ1) is 20.2. The Balaban J connectivity index is 1.64. The zero-order chi connectivity index (χ0) is 22.2. The van der Waals surface area contributed by atoms with Gasteiger partial charge in [0.1, 0.15) is 28.4 Å². The molecule has 1 aliphatic rings. The Morgan fingerprint density at radius 1 is 1.22 bits per heavy atom. The molecule has 2 aromatic carbocycles. The molecule has 166 valence electrons. The lowest BCUT2D eigenvalue weighted by atomic mass is 10.2. The predicted molar refractivity (Wildman–Crippen MR) is 119 cm³/mol. The highest BCUT2D eigenvalue weighted by atomic mass is 16.6. The molecule has 0 bridgehead atoms. The van der Waals surface area contributed by atoms with Crippen LogP contribution in [0.5, 0.6) is 11.5 Å². The molecule has 1 aliphatic heterocycles. The van der Waals surface area contributed by atoms with E-state index < -0.39 is 12.1 Å². The standard InChI is InChI=1S/C23H24N4O5/c1-3-17(22(28)29-2)31-14-11-16-20-19(12-14)30-9-5-4-8-27(20)21(25-16)13-6-7-18-15(10-13)26-23(24)32-18/h6-7,10-12,17H,3-5,8-9H2,1-2H3,(H2,24,26)/t17-/m0/s1. The molecule has 1 atom stereocenters. The summed E-state index contributed by atoms with van der Waals surface area (Å²) in [5, 5.41) is 0. The third-order valence-corrected chi connectivity index (χ3v) is 5.59. The van der Waals surface area contributed by atoms with E-state index >= 15 is 0 Å². The summed E-state index contributed by atoms with van der Waals surface area (Å²) in [5.74, 6) is 1.58. The van der Waals surface area contributed by atoms with Crippen LogP contribution in [0.3, 0.4) is 0 Å². The SMILES string of the molecule is CC[C@H](Oc1cc2c3c(c1)nc(-c1ccc4oc(N)nc4c1)n3CCCCO2)C(=O)OC. The Labute approximate surface area is 184 Å². The Hall–Kier alpha value is -3.75. The number of imidazole rings is 1. The van der Waals surface area contributed by atoms with Crippen LogP contribution in [0.25, 0.3) is 33.5 Å². The maximum Gasteiger partial charge on any atom is 0.347 e. The number of hydrogen-bond donors (Lipinski definition) is 1. The van der Waals surface area contributed by atoms with E-state index in [9.17, 15) is 4.79 Å². The van der Waals surface area contributed by atoms with Crippen LogP contribution in [-0.4, -0.2) is 40.3 Å². The summed E-state index contributed by atoms with van der Waals surface area (Å²) in [7, 11) is 1.35. The van der Waals surface area contributed by atoms with Crippen molar-refractivity contribution in [2.75, 3.05) is 19.5 Å². The van der Waals surface area contributed by atoms with Crippen LogP contribution in [-0.2, 0) is 16.1 Å². The number of esters is 1. The Kier molecular flexibility index (Phi) is 5.08. The number of benzene rings is 2. The van der Waals surface area contributed by atoms with Gasteiger partial charge in [-0.25, -0.2) is 9.78 Å².